The first-order valence-electron chi connectivity index (χ1n) is 9.63. The van der Waals surface area contributed by atoms with E-state index in [9.17, 15) is 4.79 Å². The van der Waals surface area contributed by atoms with Crippen LogP contribution in [0.1, 0.15) is 49.4 Å². The molecule has 0 atom stereocenters. The lowest BCUT2D eigenvalue weighted by molar-refractivity contribution is 0.0944. The highest BCUT2D eigenvalue weighted by Crippen LogP contribution is 2.18. The average molecular weight is 529 g/mol. The van der Waals surface area contributed by atoms with Crippen LogP contribution >= 0.6 is 22.6 Å². The molecular formula is C22H24IN7O. The molecule has 0 unspecified atom stereocenters. The lowest BCUT2D eigenvalue weighted by Crippen LogP contribution is -2.30. The molecule has 0 aliphatic rings. The Morgan fingerprint density at radius 3 is 2.03 bits per heavy atom. The maximum Gasteiger partial charge on any atom is 0.255 e. The quantitative estimate of drug-likeness (QED) is 0.331. The second-order valence-corrected chi connectivity index (χ2v) is 8.59. The first kappa shape index (κ1) is 22.6. The van der Waals surface area contributed by atoms with Gasteiger partial charge in [0.1, 0.15) is 11.0 Å². The van der Waals surface area contributed by atoms with Gasteiger partial charge in [-0.05, 0) is 61.4 Å². The third-order valence-electron chi connectivity index (χ3n) is 4.25. The summed E-state index contributed by atoms with van der Waals surface area (Å²) in [5.74, 6) is -0.149. The number of allylic oxidation sites excluding steroid dienone is 2. The summed E-state index contributed by atoms with van der Waals surface area (Å²) < 4.78 is 1.09. The lowest BCUT2D eigenvalue weighted by atomic mass is 10.2. The zero-order chi connectivity index (χ0) is 22.7. The van der Waals surface area contributed by atoms with Gasteiger partial charge in [-0.3, -0.25) is 4.79 Å². The standard InChI is InChI=1S/C13H16N4O.C9H8IN3/c1-7(2)10-6-15-12-11(17-10)9(5-14-12)13(18)16-8(3)4;1-5(2)7-4-12-9-8(13-7)6(10)3-11-9/h5-6,8H,1H2,2-4H3,(H,14,15)(H,16,18);3-4H,1H2,2H3,(H,11,12). The Morgan fingerprint density at radius 2 is 1.48 bits per heavy atom. The minimum absolute atomic E-state index is 0.0831. The first-order valence-corrected chi connectivity index (χ1v) is 10.7. The van der Waals surface area contributed by atoms with Crippen LogP contribution < -0.4 is 5.32 Å². The van der Waals surface area contributed by atoms with Crippen LogP contribution in [0.4, 0.5) is 0 Å². The first-order chi connectivity index (χ1) is 14.7. The molecule has 0 fully saturated rings. The predicted molar refractivity (Wildman–Crippen MR) is 133 cm³/mol. The molecule has 4 aromatic heterocycles. The number of halogens is 1. The normalized spacial score (nSPS) is 10.8. The van der Waals surface area contributed by atoms with Crippen LogP contribution in [0.3, 0.4) is 0 Å². The van der Waals surface area contributed by atoms with Crippen LogP contribution in [0.15, 0.2) is 37.9 Å². The molecule has 1 amide bonds. The maximum absolute atomic E-state index is 12.0. The van der Waals surface area contributed by atoms with Gasteiger partial charge < -0.3 is 15.3 Å². The minimum atomic E-state index is -0.149. The summed E-state index contributed by atoms with van der Waals surface area (Å²) in [5, 5.41) is 2.84. The highest BCUT2D eigenvalue weighted by atomic mass is 127. The smallest absolute Gasteiger partial charge is 0.255 e. The molecule has 160 valence electrons. The van der Waals surface area contributed by atoms with E-state index in [1.807, 2.05) is 33.9 Å². The number of H-pyrrole nitrogens is 2. The third-order valence-corrected chi connectivity index (χ3v) is 5.08. The number of amides is 1. The van der Waals surface area contributed by atoms with E-state index in [2.05, 4.69) is 71.0 Å². The van der Waals surface area contributed by atoms with Crippen molar-refractivity contribution in [2.24, 2.45) is 0 Å². The summed E-state index contributed by atoms with van der Waals surface area (Å²) in [5.41, 5.74) is 6.74. The molecular weight excluding hydrogens is 505 g/mol. The largest absolute Gasteiger partial charge is 0.350 e. The van der Waals surface area contributed by atoms with Crippen molar-refractivity contribution in [1.82, 2.24) is 35.2 Å². The average Bonchev–Trinajstić information content (AvgIpc) is 3.31. The summed E-state index contributed by atoms with van der Waals surface area (Å²) in [6, 6.07) is 0.0831. The van der Waals surface area contributed by atoms with Crippen LogP contribution in [0, 0.1) is 3.57 Å². The predicted octanol–water partition coefficient (Wildman–Crippen LogP) is 4.72. The Morgan fingerprint density at radius 1 is 0.968 bits per heavy atom. The van der Waals surface area contributed by atoms with Crippen molar-refractivity contribution in [1.29, 1.82) is 0 Å². The molecule has 0 aliphatic heterocycles. The molecule has 4 aromatic rings. The Labute approximate surface area is 193 Å². The van der Waals surface area contributed by atoms with Crippen LogP contribution in [0.25, 0.3) is 33.5 Å². The van der Waals surface area contributed by atoms with Gasteiger partial charge in [0, 0.05) is 18.4 Å². The lowest BCUT2D eigenvalue weighted by Gasteiger charge is -2.07. The Bertz CT molecular complexity index is 1290. The fourth-order valence-electron chi connectivity index (χ4n) is 2.68. The fourth-order valence-corrected chi connectivity index (χ4v) is 3.21. The molecule has 31 heavy (non-hydrogen) atoms. The molecule has 0 saturated carbocycles. The molecule has 0 bridgehead atoms. The van der Waals surface area contributed by atoms with Gasteiger partial charge in [-0.1, -0.05) is 13.2 Å². The Hall–Kier alpha value is -3.08. The van der Waals surface area contributed by atoms with E-state index in [1.165, 1.54) is 0 Å². The van der Waals surface area contributed by atoms with Crippen molar-refractivity contribution in [3.05, 3.63) is 58.5 Å². The molecule has 0 spiro atoms. The molecule has 0 saturated heterocycles. The van der Waals surface area contributed by atoms with Gasteiger partial charge in [-0.2, -0.15) is 0 Å². The van der Waals surface area contributed by atoms with E-state index in [0.717, 1.165) is 31.6 Å². The van der Waals surface area contributed by atoms with Crippen LogP contribution in [0.2, 0.25) is 0 Å². The van der Waals surface area contributed by atoms with E-state index >= 15 is 0 Å². The zero-order valence-corrected chi connectivity index (χ0v) is 20.0. The summed E-state index contributed by atoms with van der Waals surface area (Å²) in [7, 11) is 0. The highest BCUT2D eigenvalue weighted by molar-refractivity contribution is 14.1. The SMILES string of the molecule is C=C(C)c1cnc2[nH]cc(C(=O)NC(C)C)c2n1.C=C(C)c1cnc2[nH]cc(I)c2n1. The molecule has 0 radical (unpaired) electrons. The number of hydrogen-bond acceptors (Lipinski definition) is 5. The van der Waals surface area contributed by atoms with Crippen molar-refractivity contribution < 1.29 is 4.79 Å². The molecule has 0 aromatic carbocycles. The monoisotopic (exact) mass is 529 g/mol. The number of carbonyl (C=O) groups excluding carboxylic acids is 1. The maximum atomic E-state index is 12.0. The summed E-state index contributed by atoms with van der Waals surface area (Å²) >= 11 is 2.23. The van der Waals surface area contributed by atoms with E-state index in [1.54, 1.807) is 18.6 Å². The van der Waals surface area contributed by atoms with Crippen molar-refractivity contribution in [3.63, 3.8) is 0 Å². The van der Waals surface area contributed by atoms with Gasteiger partial charge in [0.2, 0.25) is 0 Å². The van der Waals surface area contributed by atoms with Crippen LogP contribution in [-0.2, 0) is 0 Å². The van der Waals surface area contributed by atoms with E-state index in [0.29, 0.717) is 22.4 Å². The molecule has 3 N–H and O–H groups in total. The van der Waals surface area contributed by atoms with Crippen molar-refractivity contribution in [2.45, 2.75) is 33.7 Å². The van der Waals surface area contributed by atoms with Gasteiger partial charge in [0.15, 0.2) is 11.3 Å². The summed E-state index contributed by atoms with van der Waals surface area (Å²) in [6.45, 7) is 15.3. The number of rotatable bonds is 4. The fraction of sp³-hybridized carbons (Fsp3) is 0.227. The topological polar surface area (TPSA) is 112 Å². The molecule has 4 rings (SSSR count). The number of nitrogens with zero attached hydrogens (tertiary/aromatic N) is 4. The zero-order valence-electron chi connectivity index (χ0n) is 17.9. The molecule has 0 aliphatic carbocycles. The van der Waals surface area contributed by atoms with Crippen molar-refractivity contribution in [2.75, 3.05) is 0 Å². The Balaban J connectivity index is 0.000000185. The number of aromatic amines is 2. The Kier molecular flexibility index (Phi) is 6.84. The molecule has 9 heteroatoms. The molecule has 8 nitrogen and oxygen atoms in total. The second kappa shape index (κ2) is 9.38. The highest BCUT2D eigenvalue weighted by Gasteiger charge is 2.15. The number of nitrogens with one attached hydrogen (secondary N) is 3. The van der Waals surface area contributed by atoms with E-state index in [4.69, 9.17) is 0 Å². The molecule has 4 heterocycles. The van der Waals surface area contributed by atoms with Gasteiger partial charge in [-0.25, -0.2) is 19.9 Å². The number of hydrogen-bond donors (Lipinski definition) is 3. The minimum Gasteiger partial charge on any atom is -0.350 e. The summed E-state index contributed by atoms with van der Waals surface area (Å²) in [6.07, 6.45) is 6.90. The number of aromatic nitrogens is 6. The van der Waals surface area contributed by atoms with E-state index in [-0.39, 0.29) is 11.9 Å². The van der Waals surface area contributed by atoms with Crippen molar-refractivity contribution >= 4 is 62.0 Å². The van der Waals surface area contributed by atoms with E-state index < -0.39 is 0 Å². The van der Waals surface area contributed by atoms with Crippen LogP contribution in [0.5, 0.6) is 0 Å². The van der Waals surface area contributed by atoms with Crippen molar-refractivity contribution in [3.8, 4) is 0 Å². The van der Waals surface area contributed by atoms with Gasteiger partial charge in [0.25, 0.3) is 5.91 Å². The number of fused-ring (bicyclic) bond motifs is 2. The van der Waals surface area contributed by atoms with Crippen LogP contribution in [-0.4, -0.2) is 41.9 Å². The van der Waals surface area contributed by atoms with Gasteiger partial charge in [-0.15, -0.1) is 0 Å². The second-order valence-electron chi connectivity index (χ2n) is 7.43. The number of carbonyl (C=O) groups is 1. The third kappa shape index (κ3) is 5.16. The van der Waals surface area contributed by atoms with Gasteiger partial charge >= 0.3 is 0 Å². The van der Waals surface area contributed by atoms with Gasteiger partial charge in [0.05, 0.1) is 32.9 Å². The summed E-state index contributed by atoms with van der Waals surface area (Å²) in [4.78, 5) is 35.3.